The Labute approximate surface area is 150 Å². The molecule has 0 N–H and O–H groups in total. The molecule has 0 radical (unpaired) electrons. The molecule has 3 rings (SSSR count). The van der Waals surface area contributed by atoms with Crippen molar-refractivity contribution in [2.75, 3.05) is 0 Å². The topological polar surface area (TPSA) is 57.0 Å². The van der Waals surface area contributed by atoms with Crippen LogP contribution in [0.4, 0.5) is 13.2 Å². The lowest BCUT2D eigenvalue weighted by atomic mass is 10.2. The number of benzene rings is 1. The lowest BCUT2D eigenvalue weighted by Crippen LogP contribution is -2.22. The highest BCUT2D eigenvalue weighted by Crippen LogP contribution is 2.19. The summed E-state index contributed by atoms with van der Waals surface area (Å²) in [7, 11) is 0. The summed E-state index contributed by atoms with van der Waals surface area (Å²) in [6.45, 7) is -2.92. The fourth-order valence-electron chi connectivity index (χ4n) is 2.22. The van der Waals surface area contributed by atoms with E-state index in [1.165, 1.54) is 42.6 Å². The zero-order chi connectivity index (χ0) is 18.7. The van der Waals surface area contributed by atoms with E-state index < -0.39 is 12.4 Å². The Hall–Kier alpha value is -2.87. The predicted octanol–water partition coefficient (Wildman–Crippen LogP) is 3.75. The average Bonchev–Trinajstić information content (AvgIpc) is 2.60. The standard InChI is InChI=1S/C17H11ClF3N3O2/c18-12-3-1-10(7-13(12)19)9-24-16(25)6-4-14(23-24)11-2-5-15(22-8-11)26-17(20)21/h1-8,17H,9H2. The van der Waals surface area contributed by atoms with Crippen LogP contribution < -0.4 is 10.3 Å². The van der Waals surface area contributed by atoms with E-state index in [1.807, 2.05) is 0 Å². The lowest BCUT2D eigenvalue weighted by molar-refractivity contribution is -0.0528. The Morgan fingerprint density at radius 3 is 2.62 bits per heavy atom. The van der Waals surface area contributed by atoms with Crippen molar-refractivity contribution >= 4 is 11.6 Å². The molecule has 0 aliphatic heterocycles. The quantitative estimate of drug-likeness (QED) is 0.675. The Morgan fingerprint density at radius 2 is 1.96 bits per heavy atom. The third-order valence-electron chi connectivity index (χ3n) is 3.42. The molecule has 0 saturated carbocycles. The molecule has 0 fully saturated rings. The molecule has 0 bridgehead atoms. The number of nitrogens with zero attached hydrogens (tertiary/aromatic N) is 3. The fourth-order valence-corrected chi connectivity index (χ4v) is 2.34. The van der Waals surface area contributed by atoms with E-state index in [9.17, 15) is 18.0 Å². The van der Waals surface area contributed by atoms with E-state index in [1.54, 1.807) is 6.07 Å². The number of pyridine rings is 1. The number of aromatic nitrogens is 3. The molecule has 0 atom stereocenters. The summed E-state index contributed by atoms with van der Waals surface area (Å²) < 4.78 is 43.2. The molecule has 0 aliphatic carbocycles. The first-order valence-electron chi connectivity index (χ1n) is 7.36. The van der Waals surface area contributed by atoms with Crippen LogP contribution in [0.1, 0.15) is 5.56 Å². The SMILES string of the molecule is O=c1ccc(-c2ccc(OC(F)F)nc2)nn1Cc1ccc(Cl)c(F)c1. The highest BCUT2D eigenvalue weighted by molar-refractivity contribution is 6.30. The van der Waals surface area contributed by atoms with Crippen LogP contribution in [-0.4, -0.2) is 21.4 Å². The first-order chi connectivity index (χ1) is 12.4. The van der Waals surface area contributed by atoms with E-state index in [0.29, 0.717) is 16.8 Å². The van der Waals surface area contributed by atoms with Gasteiger partial charge in [-0.2, -0.15) is 13.9 Å². The molecule has 134 valence electrons. The minimum absolute atomic E-state index is 0.0139. The van der Waals surface area contributed by atoms with Gasteiger partial charge in [-0.25, -0.2) is 14.1 Å². The van der Waals surface area contributed by atoms with Gasteiger partial charge in [0.15, 0.2) is 0 Å². The van der Waals surface area contributed by atoms with Gasteiger partial charge in [-0.3, -0.25) is 4.79 Å². The largest absolute Gasteiger partial charge is 0.417 e. The summed E-state index contributed by atoms with van der Waals surface area (Å²) in [5.41, 5.74) is 1.03. The molecule has 2 aromatic heterocycles. The van der Waals surface area contributed by atoms with Gasteiger partial charge in [0.05, 0.1) is 17.3 Å². The summed E-state index contributed by atoms with van der Waals surface area (Å²) in [5.74, 6) is -0.819. The zero-order valence-corrected chi connectivity index (χ0v) is 13.8. The van der Waals surface area contributed by atoms with Crippen LogP contribution in [0.5, 0.6) is 5.88 Å². The van der Waals surface area contributed by atoms with Gasteiger partial charge in [0, 0.05) is 23.9 Å². The van der Waals surface area contributed by atoms with E-state index in [-0.39, 0.29) is 23.0 Å². The maximum atomic E-state index is 13.5. The molecular weight excluding hydrogens is 371 g/mol. The molecule has 9 heteroatoms. The highest BCUT2D eigenvalue weighted by Gasteiger charge is 2.09. The Morgan fingerprint density at radius 1 is 1.15 bits per heavy atom. The van der Waals surface area contributed by atoms with Gasteiger partial charge in [-0.05, 0) is 29.8 Å². The smallest absolute Gasteiger partial charge is 0.388 e. The Bertz CT molecular complexity index is 978. The third kappa shape index (κ3) is 4.20. The molecular formula is C17H11ClF3N3O2. The van der Waals surface area contributed by atoms with Gasteiger partial charge in [0.1, 0.15) is 5.82 Å². The number of halogens is 4. The van der Waals surface area contributed by atoms with Crippen LogP contribution in [0.15, 0.2) is 53.5 Å². The maximum Gasteiger partial charge on any atom is 0.388 e. The van der Waals surface area contributed by atoms with Gasteiger partial charge < -0.3 is 4.74 Å². The van der Waals surface area contributed by atoms with Crippen LogP contribution in [0.2, 0.25) is 5.02 Å². The van der Waals surface area contributed by atoms with Crippen LogP contribution in [0.3, 0.4) is 0 Å². The molecule has 5 nitrogen and oxygen atoms in total. The molecule has 0 unspecified atom stereocenters. The minimum Gasteiger partial charge on any atom is -0.417 e. The molecule has 0 aliphatic rings. The predicted molar refractivity (Wildman–Crippen MR) is 88.9 cm³/mol. The van der Waals surface area contributed by atoms with Gasteiger partial charge >= 0.3 is 6.61 Å². The van der Waals surface area contributed by atoms with Gasteiger partial charge in [0.2, 0.25) is 5.88 Å². The van der Waals surface area contributed by atoms with Gasteiger partial charge in [0.25, 0.3) is 5.56 Å². The van der Waals surface area contributed by atoms with Gasteiger partial charge in [-0.1, -0.05) is 17.7 Å². The summed E-state index contributed by atoms with van der Waals surface area (Å²) in [4.78, 5) is 15.8. The number of rotatable bonds is 5. The van der Waals surface area contributed by atoms with E-state index in [0.717, 1.165) is 4.68 Å². The van der Waals surface area contributed by atoms with E-state index in [4.69, 9.17) is 11.6 Å². The fraction of sp³-hybridized carbons (Fsp3) is 0.118. The second-order valence-corrected chi connectivity index (χ2v) is 5.63. The van der Waals surface area contributed by atoms with Crippen molar-refractivity contribution in [3.63, 3.8) is 0 Å². The number of hydrogen-bond acceptors (Lipinski definition) is 4. The van der Waals surface area contributed by atoms with Crippen LogP contribution in [0, 0.1) is 5.82 Å². The van der Waals surface area contributed by atoms with Crippen molar-refractivity contribution in [3.8, 4) is 17.1 Å². The molecule has 0 spiro atoms. The van der Waals surface area contributed by atoms with Crippen LogP contribution in [0.25, 0.3) is 11.3 Å². The normalized spacial score (nSPS) is 11.0. The minimum atomic E-state index is -2.96. The summed E-state index contributed by atoms with van der Waals surface area (Å²) in [6.07, 6.45) is 1.30. The maximum absolute atomic E-state index is 13.5. The van der Waals surface area contributed by atoms with Crippen molar-refractivity contribution in [2.24, 2.45) is 0 Å². The van der Waals surface area contributed by atoms with E-state index >= 15 is 0 Å². The molecule has 0 amide bonds. The number of ether oxygens (including phenoxy) is 1. The second-order valence-electron chi connectivity index (χ2n) is 5.23. The molecule has 3 aromatic rings. The molecule has 2 heterocycles. The van der Waals surface area contributed by atoms with Crippen molar-refractivity contribution in [1.82, 2.24) is 14.8 Å². The number of hydrogen-bond donors (Lipinski definition) is 0. The van der Waals surface area contributed by atoms with Crippen molar-refractivity contribution in [2.45, 2.75) is 13.2 Å². The zero-order valence-electron chi connectivity index (χ0n) is 13.1. The van der Waals surface area contributed by atoms with E-state index in [2.05, 4.69) is 14.8 Å². The van der Waals surface area contributed by atoms with Crippen molar-refractivity contribution in [3.05, 3.63) is 75.4 Å². The van der Waals surface area contributed by atoms with Crippen molar-refractivity contribution in [1.29, 1.82) is 0 Å². The molecule has 0 saturated heterocycles. The Kier molecular flexibility index (Phi) is 5.22. The monoisotopic (exact) mass is 381 g/mol. The first-order valence-corrected chi connectivity index (χ1v) is 7.73. The first kappa shape index (κ1) is 17.9. The van der Waals surface area contributed by atoms with Crippen LogP contribution in [-0.2, 0) is 6.54 Å². The van der Waals surface area contributed by atoms with Crippen molar-refractivity contribution < 1.29 is 17.9 Å². The molecule has 26 heavy (non-hydrogen) atoms. The number of alkyl halides is 2. The Balaban J connectivity index is 1.87. The average molecular weight is 382 g/mol. The van der Waals surface area contributed by atoms with Gasteiger partial charge in [-0.15, -0.1) is 0 Å². The summed E-state index contributed by atoms with van der Waals surface area (Å²) in [6, 6.07) is 9.75. The highest BCUT2D eigenvalue weighted by atomic mass is 35.5. The summed E-state index contributed by atoms with van der Waals surface area (Å²) >= 11 is 5.64. The molecule has 1 aromatic carbocycles. The lowest BCUT2D eigenvalue weighted by Gasteiger charge is -2.08. The van der Waals surface area contributed by atoms with Crippen LogP contribution >= 0.6 is 11.6 Å². The second kappa shape index (κ2) is 7.57. The third-order valence-corrected chi connectivity index (χ3v) is 3.73. The summed E-state index contributed by atoms with van der Waals surface area (Å²) in [5, 5.41) is 4.19.